The molecule has 0 spiro atoms. The van der Waals surface area contributed by atoms with E-state index in [0.717, 1.165) is 31.9 Å². The van der Waals surface area contributed by atoms with E-state index >= 15 is 0 Å². The van der Waals surface area contributed by atoms with Gasteiger partial charge in [-0.15, -0.1) is 0 Å². The molecule has 2 aromatic rings. The maximum Gasteiger partial charge on any atom is 0.223 e. The number of nitrogens with zero attached hydrogens (tertiary/aromatic N) is 5. The predicted molar refractivity (Wildman–Crippen MR) is 82.3 cm³/mol. The molecule has 1 fully saturated rings. The van der Waals surface area contributed by atoms with E-state index in [4.69, 9.17) is 4.52 Å². The van der Waals surface area contributed by atoms with Crippen LogP contribution in [0.1, 0.15) is 30.1 Å². The molecule has 1 saturated heterocycles. The smallest absolute Gasteiger partial charge is 0.223 e. The number of rotatable bonds is 7. The van der Waals surface area contributed by atoms with Crippen LogP contribution in [0.5, 0.6) is 0 Å². The van der Waals surface area contributed by atoms with Crippen LogP contribution in [0.25, 0.3) is 0 Å². The van der Waals surface area contributed by atoms with Crippen molar-refractivity contribution in [2.45, 2.75) is 38.8 Å². The largest absolute Gasteiger partial charge is 0.340 e. The molecule has 1 N–H and O–H groups in total. The number of nitrogens with one attached hydrogen (secondary N) is 1. The van der Waals surface area contributed by atoms with Crippen LogP contribution in [0.4, 0.5) is 0 Å². The molecule has 3 rings (SSSR count). The first-order valence-corrected chi connectivity index (χ1v) is 7.90. The van der Waals surface area contributed by atoms with E-state index < -0.39 is 0 Å². The van der Waals surface area contributed by atoms with E-state index in [0.29, 0.717) is 11.9 Å². The average molecular weight is 304 g/mol. The molecule has 0 radical (unpaired) electrons. The normalized spacial score (nSPS) is 19.3. The molecule has 1 aliphatic rings. The highest BCUT2D eigenvalue weighted by Crippen LogP contribution is 2.16. The Morgan fingerprint density at radius 2 is 2.41 bits per heavy atom. The van der Waals surface area contributed by atoms with Crippen LogP contribution in [0.15, 0.2) is 16.9 Å². The summed E-state index contributed by atoms with van der Waals surface area (Å²) in [5, 5.41) is 10.8. The van der Waals surface area contributed by atoms with Crippen molar-refractivity contribution in [3.63, 3.8) is 0 Å². The van der Waals surface area contributed by atoms with Gasteiger partial charge in [-0.2, -0.15) is 10.1 Å². The molecule has 0 amide bonds. The summed E-state index contributed by atoms with van der Waals surface area (Å²) in [6, 6.07) is 0.577. The second kappa shape index (κ2) is 7.02. The molecular formula is C15H24N6O. The van der Waals surface area contributed by atoms with E-state index in [-0.39, 0.29) is 0 Å². The lowest BCUT2D eigenvalue weighted by atomic mass is 10.2. The Hall–Kier alpha value is -1.73. The number of likely N-dealkylation sites (N-methyl/N-ethyl adjacent to an activating group) is 1. The first-order valence-electron chi connectivity index (χ1n) is 7.90. The van der Waals surface area contributed by atoms with Gasteiger partial charge in [0.05, 0.1) is 12.7 Å². The molecule has 22 heavy (non-hydrogen) atoms. The lowest BCUT2D eigenvalue weighted by Gasteiger charge is -2.23. The first-order chi connectivity index (χ1) is 10.7. The molecule has 7 nitrogen and oxygen atoms in total. The van der Waals surface area contributed by atoms with Crippen LogP contribution < -0.4 is 0 Å². The Balaban J connectivity index is 1.39. The fraction of sp³-hybridized carbons (Fsp3) is 0.667. The second-order valence-electron chi connectivity index (χ2n) is 6.10. The molecule has 1 atom stereocenters. The number of aromatic nitrogens is 4. The number of likely N-dealkylation sites (tertiary alicyclic amines) is 1. The van der Waals surface area contributed by atoms with Crippen molar-refractivity contribution in [3.8, 4) is 0 Å². The third-order valence-electron chi connectivity index (χ3n) is 4.33. The van der Waals surface area contributed by atoms with Gasteiger partial charge in [0, 0.05) is 25.7 Å². The Bertz CT molecular complexity index is 566. The number of hydrogen-bond donors (Lipinski definition) is 1. The van der Waals surface area contributed by atoms with Crippen LogP contribution in [0.3, 0.4) is 0 Å². The topological polar surface area (TPSA) is 74.1 Å². The summed E-state index contributed by atoms with van der Waals surface area (Å²) in [6.45, 7) is 6.03. The molecule has 120 valence electrons. The third-order valence-corrected chi connectivity index (χ3v) is 4.33. The molecule has 0 unspecified atom stereocenters. The summed E-state index contributed by atoms with van der Waals surface area (Å²) in [7, 11) is 2.14. The van der Waals surface area contributed by atoms with Gasteiger partial charge >= 0.3 is 0 Å². The van der Waals surface area contributed by atoms with Gasteiger partial charge in [-0.1, -0.05) is 5.16 Å². The Labute approximate surface area is 130 Å². The van der Waals surface area contributed by atoms with Gasteiger partial charge in [0.15, 0.2) is 5.82 Å². The zero-order chi connectivity index (χ0) is 15.4. The van der Waals surface area contributed by atoms with Crippen LogP contribution in [0, 0.1) is 6.92 Å². The Kier molecular flexibility index (Phi) is 4.84. The van der Waals surface area contributed by atoms with Crippen LogP contribution in [-0.4, -0.2) is 62.9 Å². The zero-order valence-corrected chi connectivity index (χ0v) is 13.3. The van der Waals surface area contributed by atoms with Gasteiger partial charge in [-0.25, -0.2) is 0 Å². The minimum absolute atomic E-state index is 0.577. The van der Waals surface area contributed by atoms with Gasteiger partial charge in [-0.05, 0) is 45.0 Å². The molecule has 1 aliphatic heterocycles. The zero-order valence-electron chi connectivity index (χ0n) is 13.3. The van der Waals surface area contributed by atoms with Gasteiger partial charge < -0.3 is 9.42 Å². The van der Waals surface area contributed by atoms with Crippen LogP contribution >= 0.6 is 0 Å². The maximum atomic E-state index is 5.03. The van der Waals surface area contributed by atoms with Crippen molar-refractivity contribution in [2.75, 3.05) is 26.7 Å². The van der Waals surface area contributed by atoms with Crippen LogP contribution in [0.2, 0.25) is 0 Å². The van der Waals surface area contributed by atoms with Gasteiger partial charge in [-0.3, -0.25) is 10.00 Å². The molecule has 3 heterocycles. The van der Waals surface area contributed by atoms with E-state index in [1.54, 1.807) is 0 Å². The minimum Gasteiger partial charge on any atom is -0.340 e. The highest BCUT2D eigenvalue weighted by Gasteiger charge is 2.26. The van der Waals surface area contributed by atoms with Gasteiger partial charge in [0.25, 0.3) is 0 Å². The summed E-state index contributed by atoms with van der Waals surface area (Å²) in [4.78, 5) is 9.16. The monoisotopic (exact) mass is 304 g/mol. The number of H-pyrrole nitrogens is 1. The summed E-state index contributed by atoms with van der Waals surface area (Å²) in [5.41, 5.74) is 1.29. The Morgan fingerprint density at radius 3 is 3.14 bits per heavy atom. The molecule has 0 aliphatic carbocycles. The quantitative estimate of drug-likeness (QED) is 0.829. The second-order valence-corrected chi connectivity index (χ2v) is 6.10. The van der Waals surface area contributed by atoms with E-state index in [2.05, 4.69) is 37.2 Å². The van der Waals surface area contributed by atoms with Crippen molar-refractivity contribution in [1.82, 2.24) is 30.1 Å². The highest BCUT2D eigenvalue weighted by molar-refractivity contribution is 5.02. The number of aromatic amines is 1. The predicted octanol–water partition coefficient (Wildman–Crippen LogP) is 1.24. The van der Waals surface area contributed by atoms with Crippen molar-refractivity contribution in [3.05, 3.63) is 29.7 Å². The lowest BCUT2D eigenvalue weighted by Crippen LogP contribution is -2.34. The fourth-order valence-electron chi connectivity index (χ4n) is 3.05. The van der Waals surface area contributed by atoms with Gasteiger partial charge in [0.1, 0.15) is 0 Å². The fourth-order valence-corrected chi connectivity index (χ4v) is 3.05. The molecule has 0 aromatic carbocycles. The summed E-state index contributed by atoms with van der Waals surface area (Å²) in [5.74, 6) is 1.41. The van der Waals surface area contributed by atoms with Crippen molar-refractivity contribution in [1.29, 1.82) is 0 Å². The molecule has 0 bridgehead atoms. The highest BCUT2D eigenvalue weighted by atomic mass is 16.5. The minimum atomic E-state index is 0.577. The summed E-state index contributed by atoms with van der Waals surface area (Å²) < 4.78 is 5.03. The SMILES string of the molecule is Cc1nc(CN(C)[C@H]2CCN(CCCc3cn[nH]c3)C2)no1. The molecular weight excluding hydrogens is 280 g/mol. The van der Waals surface area contributed by atoms with E-state index in [9.17, 15) is 0 Å². The summed E-state index contributed by atoms with van der Waals surface area (Å²) in [6.07, 6.45) is 7.37. The maximum absolute atomic E-state index is 5.03. The summed E-state index contributed by atoms with van der Waals surface area (Å²) >= 11 is 0. The van der Waals surface area contributed by atoms with Gasteiger partial charge in [0.2, 0.25) is 5.89 Å². The standard InChI is InChI=1S/C15H24N6O/c1-12-18-15(19-22-12)11-20(2)14-5-7-21(10-14)6-3-4-13-8-16-17-9-13/h8-9,14H,3-7,10-11H2,1-2H3,(H,16,17)/t14-/m0/s1. The third kappa shape index (κ3) is 3.92. The van der Waals surface area contributed by atoms with Crippen molar-refractivity contribution >= 4 is 0 Å². The van der Waals surface area contributed by atoms with E-state index in [1.165, 1.54) is 24.9 Å². The van der Waals surface area contributed by atoms with E-state index in [1.807, 2.05) is 19.3 Å². The first kappa shape index (κ1) is 15.2. The lowest BCUT2D eigenvalue weighted by molar-refractivity contribution is 0.217. The number of aryl methyl sites for hydroxylation is 2. The molecule has 2 aromatic heterocycles. The number of hydrogen-bond acceptors (Lipinski definition) is 6. The molecule has 7 heteroatoms. The Morgan fingerprint density at radius 1 is 1.50 bits per heavy atom. The average Bonchev–Trinajstić information content (AvgIpc) is 3.21. The molecule has 0 saturated carbocycles. The van der Waals surface area contributed by atoms with Crippen molar-refractivity contribution < 1.29 is 4.52 Å². The van der Waals surface area contributed by atoms with Crippen LogP contribution in [-0.2, 0) is 13.0 Å². The van der Waals surface area contributed by atoms with Crippen molar-refractivity contribution in [2.24, 2.45) is 0 Å².